The number of rotatable bonds is 6. The van der Waals surface area contributed by atoms with Crippen molar-refractivity contribution in [1.29, 1.82) is 0 Å². The molecule has 0 spiro atoms. The lowest BCUT2D eigenvalue weighted by Crippen LogP contribution is -2.50. The lowest BCUT2D eigenvalue weighted by atomic mass is 10.2. The number of urea groups is 1. The molecule has 1 aromatic heterocycles. The van der Waals surface area contributed by atoms with Crippen LogP contribution in [0.4, 0.5) is 4.79 Å². The van der Waals surface area contributed by atoms with Crippen molar-refractivity contribution in [2.45, 2.75) is 32.5 Å². The van der Waals surface area contributed by atoms with E-state index in [1.807, 2.05) is 19.2 Å². The van der Waals surface area contributed by atoms with Crippen LogP contribution in [0.2, 0.25) is 0 Å². The Morgan fingerprint density at radius 2 is 2.14 bits per heavy atom. The molecule has 1 fully saturated rings. The zero-order chi connectivity index (χ0) is 15.1. The molecule has 0 bridgehead atoms. The van der Waals surface area contributed by atoms with Gasteiger partial charge in [-0.1, -0.05) is 0 Å². The summed E-state index contributed by atoms with van der Waals surface area (Å²) in [6.07, 6.45) is 3.62. The summed E-state index contributed by atoms with van der Waals surface area (Å²) in [6, 6.07) is 2.09. The van der Waals surface area contributed by atoms with E-state index >= 15 is 0 Å². The van der Waals surface area contributed by atoms with Gasteiger partial charge in [-0.3, -0.25) is 9.58 Å². The van der Waals surface area contributed by atoms with Gasteiger partial charge in [0.1, 0.15) is 0 Å². The van der Waals surface area contributed by atoms with Crippen LogP contribution in [0.3, 0.4) is 0 Å². The zero-order valence-electron chi connectivity index (χ0n) is 12.8. The minimum absolute atomic E-state index is 0.0311. The van der Waals surface area contributed by atoms with E-state index in [4.69, 9.17) is 4.74 Å². The van der Waals surface area contributed by atoms with Crippen molar-refractivity contribution in [2.24, 2.45) is 0 Å². The largest absolute Gasteiger partial charge is 0.379 e. The van der Waals surface area contributed by atoms with E-state index in [-0.39, 0.29) is 12.1 Å². The SMILES string of the molecule is C[C@H](Cn1cccn1)NC(=O)NC[C@H](C)N1CCOCC1. The van der Waals surface area contributed by atoms with Gasteiger partial charge in [-0.05, 0) is 19.9 Å². The van der Waals surface area contributed by atoms with E-state index in [0.717, 1.165) is 26.3 Å². The molecule has 0 aromatic carbocycles. The van der Waals surface area contributed by atoms with Gasteiger partial charge in [0.05, 0.1) is 19.8 Å². The summed E-state index contributed by atoms with van der Waals surface area (Å²) in [4.78, 5) is 14.2. The Kier molecular flexibility index (Phi) is 6.01. The lowest BCUT2D eigenvalue weighted by molar-refractivity contribution is 0.0209. The van der Waals surface area contributed by atoms with Crippen LogP contribution in [0.5, 0.6) is 0 Å². The highest BCUT2D eigenvalue weighted by atomic mass is 16.5. The molecule has 1 aliphatic heterocycles. The molecule has 0 aliphatic carbocycles. The molecule has 1 aromatic rings. The van der Waals surface area contributed by atoms with Crippen LogP contribution in [0.15, 0.2) is 18.5 Å². The molecular weight excluding hydrogens is 270 g/mol. The van der Waals surface area contributed by atoms with Gasteiger partial charge in [0, 0.05) is 44.1 Å². The van der Waals surface area contributed by atoms with Gasteiger partial charge in [-0.2, -0.15) is 5.10 Å². The number of hydrogen-bond acceptors (Lipinski definition) is 4. The van der Waals surface area contributed by atoms with Crippen LogP contribution >= 0.6 is 0 Å². The van der Waals surface area contributed by atoms with Crippen LogP contribution in [-0.4, -0.2) is 65.6 Å². The molecule has 7 heteroatoms. The fraction of sp³-hybridized carbons (Fsp3) is 0.714. The first-order valence-corrected chi connectivity index (χ1v) is 7.48. The van der Waals surface area contributed by atoms with Crippen LogP contribution in [0.25, 0.3) is 0 Å². The summed E-state index contributed by atoms with van der Waals surface area (Å²) in [6.45, 7) is 8.81. The minimum Gasteiger partial charge on any atom is -0.379 e. The summed E-state index contributed by atoms with van der Waals surface area (Å²) < 4.78 is 7.14. The third-order valence-corrected chi connectivity index (χ3v) is 3.62. The predicted octanol–water partition coefficient (Wildman–Crippen LogP) is 0.292. The van der Waals surface area contributed by atoms with Gasteiger partial charge in [0.25, 0.3) is 0 Å². The molecule has 2 amide bonds. The first-order valence-electron chi connectivity index (χ1n) is 7.48. The number of hydrogen-bond donors (Lipinski definition) is 2. The fourth-order valence-electron chi connectivity index (χ4n) is 2.40. The second-order valence-electron chi connectivity index (χ2n) is 5.48. The highest BCUT2D eigenvalue weighted by Crippen LogP contribution is 2.02. The Hall–Kier alpha value is -1.60. The Morgan fingerprint density at radius 1 is 1.38 bits per heavy atom. The standard InChI is InChI=1S/C14H25N5O2/c1-12(11-19-5-3-4-16-19)17-14(20)15-10-13(2)18-6-8-21-9-7-18/h3-5,12-13H,6-11H2,1-2H3,(H2,15,17,20)/t12-,13+/m1/s1. The van der Waals surface area contributed by atoms with Crippen molar-refractivity contribution in [2.75, 3.05) is 32.8 Å². The maximum absolute atomic E-state index is 11.9. The van der Waals surface area contributed by atoms with Gasteiger partial charge in [0.2, 0.25) is 0 Å². The normalized spacial score (nSPS) is 19.0. The molecule has 2 N–H and O–H groups in total. The first-order chi connectivity index (χ1) is 10.1. The molecule has 7 nitrogen and oxygen atoms in total. The topological polar surface area (TPSA) is 71.4 Å². The van der Waals surface area contributed by atoms with Gasteiger partial charge in [-0.25, -0.2) is 4.79 Å². The molecule has 0 unspecified atom stereocenters. The number of nitrogens with zero attached hydrogens (tertiary/aromatic N) is 3. The Labute approximate surface area is 125 Å². The lowest BCUT2D eigenvalue weighted by Gasteiger charge is -2.32. The van der Waals surface area contributed by atoms with Crippen molar-refractivity contribution in [3.05, 3.63) is 18.5 Å². The number of morpholine rings is 1. The summed E-state index contributed by atoms with van der Waals surface area (Å²) in [7, 11) is 0. The van der Waals surface area contributed by atoms with E-state index in [9.17, 15) is 4.79 Å². The molecule has 118 valence electrons. The summed E-state index contributed by atoms with van der Waals surface area (Å²) in [5.74, 6) is 0. The summed E-state index contributed by atoms with van der Waals surface area (Å²) in [5.41, 5.74) is 0. The molecule has 1 saturated heterocycles. The van der Waals surface area contributed by atoms with Gasteiger partial charge < -0.3 is 15.4 Å². The molecular formula is C14H25N5O2. The molecule has 2 heterocycles. The average molecular weight is 295 g/mol. The Balaban J connectivity index is 1.64. The van der Waals surface area contributed by atoms with Crippen molar-refractivity contribution < 1.29 is 9.53 Å². The summed E-state index contributed by atoms with van der Waals surface area (Å²) in [5, 5.41) is 9.98. The Morgan fingerprint density at radius 3 is 2.81 bits per heavy atom. The predicted molar refractivity (Wildman–Crippen MR) is 80.1 cm³/mol. The van der Waals surface area contributed by atoms with Crippen molar-refractivity contribution in [3.63, 3.8) is 0 Å². The number of amides is 2. The third kappa shape index (κ3) is 5.35. The molecule has 2 rings (SSSR count). The van der Waals surface area contributed by atoms with Crippen LogP contribution in [0.1, 0.15) is 13.8 Å². The number of carbonyl (C=O) groups is 1. The third-order valence-electron chi connectivity index (χ3n) is 3.62. The first kappa shape index (κ1) is 15.8. The van der Waals surface area contributed by atoms with Gasteiger partial charge in [0.15, 0.2) is 0 Å². The molecule has 21 heavy (non-hydrogen) atoms. The molecule has 1 aliphatic rings. The maximum atomic E-state index is 11.9. The van der Waals surface area contributed by atoms with Crippen LogP contribution < -0.4 is 10.6 Å². The highest BCUT2D eigenvalue weighted by Gasteiger charge is 2.17. The van der Waals surface area contributed by atoms with Crippen LogP contribution in [-0.2, 0) is 11.3 Å². The number of aromatic nitrogens is 2. The van der Waals surface area contributed by atoms with Gasteiger partial charge >= 0.3 is 6.03 Å². The molecule has 2 atom stereocenters. The second kappa shape index (κ2) is 7.99. The van der Waals surface area contributed by atoms with E-state index in [0.29, 0.717) is 19.1 Å². The minimum atomic E-state index is -0.130. The monoisotopic (exact) mass is 295 g/mol. The van der Waals surface area contributed by atoms with E-state index in [1.165, 1.54) is 0 Å². The average Bonchev–Trinajstić information content (AvgIpc) is 2.98. The quantitative estimate of drug-likeness (QED) is 0.791. The maximum Gasteiger partial charge on any atom is 0.315 e. The van der Waals surface area contributed by atoms with Crippen molar-refractivity contribution in [3.8, 4) is 0 Å². The molecule has 0 radical (unpaired) electrons. The van der Waals surface area contributed by atoms with Crippen molar-refractivity contribution >= 4 is 6.03 Å². The summed E-state index contributed by atoms with van der Waals surface area (Å²) >= 11 is 0. The number of nitrogens with one attached hydrogen (secondary N) is 2. The Bertz CT molecular complexity index is 417. The number of carbonyl (C=O) groups excluding carboxylic acids is 1. The number of ether oxygens (including phenoxy) is 1. The fourth-order valence-corrected chi connectivity index (χ4v) is 2.40. The second-order valence-corrected chi connectivity index (χ2v) is 5.48. The highest BCUT2D eigenvalue weighted by molar-refractivity contribution is 5.74. The van der Waals surface area contributed by atoms with Gasteiger partial charge in [-0.15, -0.1) is 0 Å². The smallest absolute Gasteiger partial charge is 0.315 e. The molecule has 0 saturated carbocycles. The van der Waals surface area contributed by atoms with E-state index in [2.05, 4.69) is 27.6 Å². The zero-order valence-corrected chi connectivity index (χ0v) is 12.8. The van der Waals surface area contributed by atoms with Crippen molar-refractivity contribution in [1.82, 2.24) is 25.3 Å². The van der Waals surface area contributed by atoms with E-state index in [1.54, 1.807) is 10.9 Å². The van der Waals surface area contributed by atoms with E-state index < -0.39 is 0 Å². The van der Waals surface area contributed by atoms with Crippen LogP contribution in [0, 0.1) is 0 Å².